The second-order valence-electron chi connectivity index (χ2n) is 5.16. The van der Waals surface area contributed by atoms with E-state index in [0.29, 0.717) is 16.8 Å². The Balaban J connectivity index is 1.84. The van der Waals surface area contributed by atoms with Crippen LogP contribution in [0.2, 0.25) is 0 Å². The van der Waals surface area contributed by atoms with Gasteiger partial charge in [0.25, 0.3) is 5.91 Å². The standard InChI is InChI=1S/C16H18BrFN2O2S/c1-20(2)13(15-4-3-7-23-15)9-19-16(21)10-22-14-6-5-11(18)8-12(14)17/h3-8,13H,9-10H2,1-2H3,(H,19,21). The Morgan fingerprint density at radius 3 is 2.83 bits per heavy atom. The van der Waals surface area contributed by atoms with Crippen LogP contribution in [0, 0.1) is 5.82 Å². The number of benzene rings is 1. The molecule has 2 rings (SSSR count). The molecule has 0 aliphatic heterocycles. The third kappa shape index (κ3) is 5.30. The molecule has 23 heavy (non-hydrogen) atoms. The van der Waals surface area contributed by atoms with Gasteiger partial charge in [0, 0.05) is 11.4 Å². The summed E-state index contributed by atoms with van der Waals surface area (Å²) in [4.78, 5) is 15.2. The highest BCUT2D eigenvalue weighted by Crippen LogP contribution is 2.25. The summed E-state index contributed by atoms with van der Waals surface area (Å²) in [5.41, 5.74) is 0. The molecule has 0 fully saturated rings. The van der Waals surface area contributed by atoms with Crippen molar-refractivity contribution in [2.24, 2.45) is 0 Å². The van der Waals surface area contributed by atoms with Crippen LogP contribution in [0.1, 0.15) is 10.9 Å². The van der Waals surface area contributed by atoms with Crippen LogP contribution in [0.4, 0.5) is 4.39 Å². The van der Waals surface area contributed by atoms with Crippen molar-refractivity contribution >= 4 is 33.2 Å². The van der Waals surface area contributed by atoms with Gasteiger partial charge in [0.1, 0.15) is 11.6 Å². The molecular weight excluding hydrogens is 383 g/mol. The van der Waals surface area contributed by atoms with Crippen LogP contribution in [-0.2, 0) is 4.79 Å². The number of nitrogens with one attached hydrogen (secondary N) is 1. The highest BCUT2D eigenvalue weighted by atomic mass is 79.9. The van der Waals surface area contributed by atoms with Crippen LogP contribution >= 0.6 is 27.3 Å². The Morgan fingerprint density at radius 1 is 1.43 bits per heavy atom. The van der Waals surface area contributed by atoms with E-state index in [9.17, 15) is 9.18 Å². The van der Waals surface area contributed by atoms with E-state index in [0.717, 1.165) is 0 Å². The van der Waals surface area contributed by atoms with Crippen molar-refractivity contribution in [3.63, 3.8) is 0 Å². The van der Waals surface area contributed by atoms with Crippen LogP contribution in [0.15, 0.2) is 40.2 Å². The summed E-state index contributed by atoms with van der Waals surface area (Å²) in [6, 6.07) is 8.24. The van der Waals surface area contributed by atoms with Gasteiger partial charge in [0.2, 0.25) is 0 Å². The first-order valence-electron chi connectivity index (χ1n) is 7.01. The topological polar surface area (TPSA) is 41.6 Å². The number of carbonyl (C=O) groups excluding carboxylic acids is 1. The number of ether oxygens (including phenoxy) is 1. The van der Waals surface area contributed by atoms with Gasteiger partial charge in [0.15, 0.2) is 6.61 Å². The van der Waals surface area contributed by atoms with Gasteiger partial charge in [0.05, 0.1) is 10.5 Å². The molecule has 2 aromatic rings. The Morgan fingerprint density at radius 2 is 2.22 bits per heavy atom. The van der Waals surface area contributed by atoms with Gasteiger partial charge in [-0.05, 0) is 59.7 Å². The van der Waals surface area contributed by atoms with Crippen LogP contribution in [0.5, 0.6) is 5.75 Å². The summed E-state index contributed by atoms with van der Waals surface area (Å²) < 4.78 is 18.9. The van der Waals surface area contributed by atoms with Crippen molar-refractivity contribution in [1.29, 1.82) is 0 Å². The Hall–Kier alpha value is -1.44. The Labute approximate surface area is 147 Å². The Kier molecular flexibility index (Phi) is 6.56. The zero-order valence-electron chi connectivity index (χ0n) is 12.9. The molecule has 1 amide bonds. The fraction of sp³-hybridized carbons (Fsp3) is 0.312. The number of halogens is 2. The zero-order valence-corrected chi connectivity index (χ0v) is 15.3. The van der Waals surface area contributed by atoms with Crippen LogP contribution < -0.4 is 10.1 Å². The molecule has 1 heterocycles. The van der Waals surface area contributed by atoms with Crippen molar-refractivity contribution in [1.82, 2.24) is 10.2 Å². The lowest BCUT2D eigenvalue weighted by Gasteiger charge is -2.23. The lowest BCUT2D eigenvalue weighted by molar-refractivity contribution is -0.123. The minimum atomic E-state index is -0.363. The van der Waals surface area contributed by atoms with Gasteiger partial charge in [-0.3, -0.25) is 4.79 Å². The van der Waals surface area contributed by atoms with Crippen molar-refractivity contribution in [2.45, 2.75) is 6.04 Å². The second-order valence-corrected chi connectivity index (χ2v) is 7.00. The van der Waals surface area contributed by atoms with Crippen molar-refractivity contribution in [3.05, 3.63) is 50.9 Å². The van der Waals surface area contributed by atoms with Gasteiger partial charge >= 0.3 is 0 Å². The van der Waals surface area contributed by atoms with E-state index >= 15 is 0 Å². The van der Waals surface area contributed by atoms with Gasteiger partial charge in [-0.2, -0.15) is 0 Å². The molecule has 0 spiro atoms. The fourth-order valence-electron chi connectivity index (χ4n) is 2.02. The first-order chi connectivity index (χ1) is 11.0. The smallest absolute Gasteiger partial charge is 0.258 e. The van der Waals surface area contributed by atoms with E-state index in [-0.39, 0.29) is 24.4 Å². The molecule has 4 nitrogen and oxygen atoms in total. The number of thiophene rings is 1. The lowest BCUT2D eigenvalue weighted by atomic mass is 10.2. The number of likely N-dealkylation sites (N-methyl/N-ethyl adjacent to an activating group) is 1. The molecular formula is C16H18BrFN2O2S. The molecule has 1 atom stereocenters. The highest BCUT2D eigenvalue weighted by Gasteiger charge is 2.16. The van der Waals surface area contributed by atoms with E-state index in [1.165, 1.54) is 23.1 Å². The average Bonchev–Trinajstić information content (AvgIpc) is 3.00. The van der Waals surface area contributed by atoms with Gasteiger partial charge < -0.3 is 15.0 Å². The highest BCUT2D eigenvalue weighted by molar-refractivity contribution is 9.10. The number of rotatable bonds is 7. The Bertz CT molecular complexity index is 650. The summed E-state index contributed by atoms with van der Waals surface area (Å²) in [6.07, 6.45) is 0. The molecule has 1 N–H and O–H groups in total. The van der Waals surface area contributed by atoms with Gasteiger partial charge in [-0.15, -0.1) is 11.3 Å². The number of hydrogen-bond acceptors (Lipinski definition) is 4. The van der Waals surface area contributed by atoms with Crippen molar-refractivity contribution in [3.8, 4) is 5.75 Å². The molecule has 0 aliphatic rings. The van der Waals surface area contributed by atoms with Gasteiger partial charge in [-0.1, -0.05) is 6.07 Å². The van der Waals surface area contributed by atoms with E-state index in [1.807, 2.05) is 31.6 Å². The van der Waals surface area contributed by atoms with Crippen LogP contribution in [-0.4, -0.2) is 38.1 Å². The minimum absolute atomic E-state index is 0.116. The summed E-state index contributed by atoms with van der Waals surface area (Å²) in [7, 11) is 3.95. The SMILES string of the molecule is CN(C)C(CNC(=O)COc1ccc(F)cc1Br)c1cccs1. The normalized spacial score (nSPS) is 12.2. The third-order valence-electron chi connectivity index (χ3n) is 3.24. The number of carbonyl (C=O) groups is 1. The summed E-state index contributed by atoms with van der Waals surface area (Å²) >= 11 is 4.86. The fourth-order valence-corrected chi connectivity index (χ4v) is 3.40. The van der Waals surface area contributed by atoms with E-state index in [2.05, 4.69) is 26.1 Å². The summed E-state index contributed by atoms with van der Waals surface area (Å²) in [5.74, 6) is -0.146. The molecule has 0 aliphatic carbocycles. The van der Waals surface area contributed by atoms with E-state index in [4.69, 9.17) is 4.74 Å². The maximum Gasteiger partial charge on any atom is 0.258 e. The molecule has 124 valence electrons. The molecule has 0 radical (unpaired) electrons. The van der Waals surface area contributed by atoms with E-state index in [1.54, 1.807) is 11.3 Å². The van der Waals surface area contributed by atoms with Crippen molar-refractivity contribution < 1.29 is 13.9 Å². The summed E-state index contributed by atoms with van der Waals surface area (Å²) in [6.45, 7) is 0.384. The molecule has 1 unspecified atom stereocenters. The minimum Gasteiger partial charge on any atom is -0.483 e. The molecule has 0 bridgehead atoms. The molecule has 0 saturated heterocycles. The predicted molar refractivity (Wildman–Crippen MR) is 93.4 cm³/mol. The summed E-state index contributed by atoms with van der Waals surface area (Å²) in [5, 5.41) is 4.88. The van der Waals surface area contributed by atoms with Crippen LogP contribution in [0.25, 0.3) is 0 Å². The quantitative estimate of drug-likeness (QED) is 0.773. The maximum atomic E-state index is 13.0. The number of amides is 1. The number of hydrogen-bond donors (Lipinski definition) is 1. The molecule has 1 aromatic carbocycles. The molecule has 7 heteroatoms. The lowest BCUT2D eigenvalue weighted by Crippen LogP contribution is -2.36. The van der Waals surface area contributed by atoms with E-state index < -0.39 is 0 Å². The second kappa shape index (κ2) is 8.42. The largest absolute Gasteiger partial charge is 0.483 e. The van der Waals surface area contributed by atoms with Crippen molar-refractivity contribution in [2.75, 3.05) is 27.2 Å². The molecule has 1 aromatic heterocycles. The third-order valence-corrected chi connectivity index (χ3v) is 4.83. The van der Waals surface area contributed by atoms with Gasteiger partial charge in [-0.25, -0.2) is 4.39 Å². The van der Waals surface area contributed by atoms with Crippen LogP contribution in [0.3, 0.4) is 0 Å². The number of nitrogens with zero attached hydrogens (tertiary/aromatic N) is 1. The average molecular weight is 401 g/mol. The molecule has 0 saturated carbocycles. The monoisotopic (exact) mass is 400 g/mol. The zero-order chi connectivity index (χ0) is 16.8. The first-order valence-corrected chi connectivity index (χ1v) is 8.69. The first kappa shape index (κ1) is 17.9. The predicted octanol–water partition coefficient (Wildman–Crippen LogP) is 3.45. The maximum absolute atomic E-state index is 13.0.